The van der Waals surface area contributed by atoms with Crippen LogP contribution in [0.2, 0.25) is 5.02 Å². The van der Waals surface area contributed by atoms with Crippen molar-refractivity contribution >= 4 is 46.0 Å². The second kappa shape index (κ2) is 9.99. The van der Waals surface area contributed by atoms with Gasteiger partial charge in [-0.1, -0.05) is 53.2 Å². The summed E-state index contributed by atoms with van der Waals surface area (Å²) in [5.74, 6) is -1.11. The number of hydrogen-bond donors (Lipinski definition) is 1. The van der Waals surface area contributed by atoms with Gasteiger partial charge in [0, 0.05) is 11.6 Å². The largest absolute Gasteiger partial charge is 0.323 e. The molecule has 2 aromatic heterocycles. The number of aromatic nitrogens is 4. The van der Waals surface area contributed by atoms with E-state index in [1.54, 1.807) is 16.2 Å². The summed E-state index contributed by atoms with van der Waals surface area (Å²) in [7, 11) is 0. The minimum Gasteiger partial charge on any atom is -0.323 e. The van der Waals surface area contributed by atoms with Crippen molar-refractivity contribution in [2.75, 3.05) is 11.1 Å². The van der Waals surface area contributed by atoms with E-state index in [1.807, 2.05) is 38.1 Å². The molecular weight excluding hydrogens is 477 g/mol. The average molecular weight is 500 g/mol. The Labute approximate surface area is 205 Å². The molecule has 0 aliphatic heterocycles. The molecule has 0 aliphatic carbocycles. The lowest BCUT2D eigenvalue weighted by Crippen LogP contribution is -2.26. The molecule has 0 fully saturated rings. The highest BCUT2D eigenvalue weighted by Crippen LogP contribution is 2.23. The smallest absolute Gasteiger partial charge is 0.280 e. The SMILES string of the molecule is CCn1nc(C)c2nc(SCC(=O)Nc3ccc(Cl)cc3F)n(Cc3ccc(C)cc3)c(=O)c21. The number of anilines is 1. The Morgan fingerprint density at radius 1 is 1.18 bits per heavy atom. The van der Waals surface area contributed by atoms with E-state index < -0.39 is 11.7 Å². The van der Waals surface area contributed by atoms with Gasteiger partial charge in [0.2, 0.25) is 5.91 Å². The Kier molecular flexibility index (Phi) is 7.04. The zero-order valence-corrected chi connectivity index (χ0v) is 20.5. The number of rotatable bonds is 7. The molecule has 2 aromatic carbocycles. The van der Waals surface area contributed by atoms with Gasteiger partial charge in [-0.3, -0.25) is 18.8 Å². The van der Waals surface area contributed by atoms with Crippen molar-refractivity contribution in [1.29, 1.82) is 0 Å². The van der Waals surface area contributed by atoms with Crippen LogP contribution in [0, 0.1) is 19.7 Å². The van der Waals surface area contributed by atoms with Crippen molar-refractivity contribution < 1.29 is 9.18 Å². The number of halogens is 2. The first kappa shape index (κ1) is 24.0. The van der Waals surface area contributed by atoms with Gasteiger partial charge < -0.3 is 5.32 Å². The average Bonchev–Trinajstić information content (AvgIpc) is 3.13. The summed E-state index contributed by atoms with van der Waals surface area (Å²) in [6.07, 6.45) is 0. The minimum atomic E-state index is -0.621. The lowest BCUT2D eigenvalue weighted by atomic mass is 10.1. The highest BCUT2D eigenvalue weighted by Gasteiger charge is 2.19. The van der Waals surface area contributed by atoms with Crippen LogP contribution in [0.3, 0.4) is 0 Å². The first-order valence-electron chi connectivity index (χ1n) is 10.7. The topological polar surface area (TPSA) is 81.8 Å². The quantitative estimate of drug-likeness (QED) is 0.292. The van der Waals surface area contributed by atoms with Gasteiger partial charge in [-0.25, -0.2) is 9.37 Å². The Hall–Kier alpha value is -3.17. The fraction of sp³-hybridized carbons (Fsp3) is 0.250. The van der Waals surface area contributed by atoms with Gasteiger partial charge in [-0.2, -0.15) is 5.10 Å². The Morgan fingerprint density at radius 2 is 1.91 bits per heavy atom. The molecule has 2 heterocycles. The van der Waals surface area contributed by atoms with Gasteiger partial charge in [0.1, 0.15) is 11.3 Å². The number of nitrogens with zero attached hydrogens (tertiary/aromatic N) is 4. The van der Waals surface area contributed by atoms with Crippen LogP contribution in [0.4, 0.5) is 10.1 Å². The standard InChI is InChI=1S/C24H23ClFN5O2S/c1-4-31-22-21(15(3)29-31)28-24(30(23(22)33)12-16-7-5-14(2)6-8-16)34-13-20(32)27-19-10-9-17(25)11-18(19)26/h5-11H,4,12-13H2,1-3H3,(H,27,32). The number of carbonyl (C=O) groups excluding carboxylic acids is 1. The lowest BCUT2D eigenvalue weighted by molar-refractivity contribution is -0.113. The maximum atomic E-state index is 14.0. The highest BCUT2D eigenvalue weighted by atomic mass is 35.5. The second-order valence-electron chi connectivity index (χ2n) is 7.83. The predicted molar refractivity (Wildman–Crippen MR) is 133 cm³/mol. The summed E-state index contributed by atoms with van der Waals surface area (Å²) in [6.45, 7) is 6.54. The number of thioether (sulfide) groups is 1. The normalized spacial score (nSPS) is 11.2. The molecule has 0 aliphatic rings. The zero-order valence-electron chi connectivity index (χ0n) is 18.9. The summed E-state index contributed by atoms with van der Waals surface area (Å²) in [4.78, 5) is 30.7. The van der Waals surface area contributed by atoms with E-state index in [9.17, 15) is 14.0 Å². The summed E-state index contributed by atoms with van der Waals surface area (Å²) < 4.78 is 17.2. The lowest BCUT2D eigenvalue weighted by Gasteiger charge is -2.13. The van der Waals surface area contributed by atoms with Crippen LogP contribution in [0.15, 0.2) is 52.4 Å². The number of carbonyl (C=O) groups is 1. The van der Waals surface area contributed by atoms with Gasteiger partial charge in [0.05, 0.1) is 23.7 Å². The van der Waals surface area contributed by atoms with Crippen LogP contribution in [0.1, 0.15) is 23.7 Å². The molecule has 176 valence electrons. The molecule has 1 N–H and O–H groups in total. The first-order valence-corrected chi connectivity index (χ1v) is 12.0. The third kappa shape index (κ3) is 5.00. The van der Waals surface area contributed by atoms with Crippen molar-refractivity contribution in [2.45, 2.75) is 39.0 Å². The molecular formula is C24H23ClFN5O2S. The van der Waals surface area contributed by atoms with E-state index in [2.05, 4.69) is 10.4 Å². The first-order chi connectivity index (χ1) is 16.3. The summed E-state index contributed by atoms with van der Waals surface area (Å²) >= 11 is 6.89. The summed E-state index contributed by atoms with van der Waals surface area (Å²) in [6, 6.07) is 11.9. The van der Waals surface area contributed by atoms with Crippen molar-refractivity contribution in [1.82, 2.24) is 19.3 Å². The third-order valence-corrected chi connectivity index (χ3v) is 6.49. The maximum Gasteiger partial charge on any atom is 0.280 e. The van der Waals surface area contributed by atoms with Crippen molar-refractivity contribution in [3.05, 3.63) is 80.5 Å². The molecule has 0 saturated heterocycles. The van der Waals surface area contributed by atoms with Gasteiger partial charge in [0.15, 0.2) is 10.7 Å². The van der Waals surface area contributed by atoms with E-state index in [0.717, 1.165) is 29.0 Å². The maximum absolute atomic E-state index is 14.0. The Morgan fingerprint density at radius 3 is 2.59 bits per heavy atom. The van der Waals surface area contributed by atoms with E-state index in [1.165, 1.54) is 12.1 Å². The van der Waals surface area contributed by atoms with Gasteiger partial charge in [-0.15, -0.1) is 0 Å². The molecule has 0 bridgehead atoms. The number of nitrogens with one attached hydrogen (secondary N) is 1. The molecule has 0 radical (unpaired) electrons. The fourth-order valence-corrected chi connectivity index (χ4v) is 4.50. The number of hydrogen-bond acceptors (Lipinski definition) is 5. The molecule has 1 amide bonds. The van der Waals surface area contributed by atoms with E-state index in [4.69, 9.17) is 16.6 Å². The molecule has 10 heteroatoms. The van der Waals surface area contributed by atoms with Crippen LogP contribution in [0.5, 0.6) is 0 Å². The molecule has 0 atom stereocenters. The van der Waals surface area contributed by atoms with E-state index >= 15 is 0 Å². The molecule has 4 aromatic rings. The summed E-state index contributed by atoms with van der Waals surface area (Å²) in [5, 5.41) is 7.61. The summed E-state index contributed by atoms with van der Waals surface area (Å²) in [5.41, 5.74) is 3.46. The van der Waals surface area contributed by atoms with Crippen LogP contribution >= 0.6 is 23.4 Å². The molecule has 34 heavy (non-hydrogen) atoms. The number of aryl methyl sites for hydroxylation is 3. The molecule has 0 unspecified atom stereocenters. The van der Waals surface area contributed by atoms with Crippen molar-refractivity contribution in [2.24, 2.45) is 0 Å². The highest BCUT2D eigenvalue weighted by molar-refractivity contribution is 7.99. The minimum absolute atomic E-state index is 0.0375. The monoisotopic (exact) mass is 499 g/mol. The number of amides is 1. The second-order valence-corrected chi connectivity index (χ2v) is 9.21. The fourth-order valence-electron chi connectivity index (χ4n) is 3.55. The molecule has 0 spiro atoms. The van der Waals surface area contributed by atoms with Gasteiger partial charge in [0.25, 0.3) is 5.56 Å². The number of fused-ring (bicyclic) bond motifs is 1. The van der Waals surface area contributed by atoms with Crippen molar-refractivity contribution in [3.8, 4) is 0 Å². The van der Waals surface area contributed by atoms with E-state index in [-0.39, 0.29) is 22.0 Å². The molecule has 0 saturated carbocycles. The molecule has 7 nitrogen and oxygen atoms in total. The third-order valence-electron chi connectivity index (χ3n) is 5.28. The van der Waals surface area contributed by atoms with Crippen molar-refractivity contribution in [3.63, 3.8) is 0 Å². The van der Waals surface area contributed by atoms with Crippen LogP contribution < -0.4 is 10.9 Å². The van der Waals surface area contributed by atoms with Gasteiger partial charge in [-0.05, 0) is 44.5 Å². The zero-order chi connectivity index (χ0) is 24.4. The van der Waals surface area contributed by atoms with E-state index in [0.29, 0.717) is 35.0 Å². The van der Waals surface area contributed by atoms with Crippen LogP contribution in [0.25, 0.3) is 11.0 Å². The number of benzene rings is 2. The van der Waals surface area contributed by atoms with Gasteiger partial charge >= 0.3 is 0 Å². The Balaban J connectivity index is 1.67. The predicted octanol–water partition coefficient (Wildman–Crippen LogP) is 4.80. The van der Waals surface area contributed by atoms with Crippen LogP contribution in [-0.2, 0) is 17.9 Å². The Bertz CT molecular complexity index is 1430. The molecule has 4 rings (SSSR count). The van der Waals surface area contributed by atoms with Crippen LogP contribution in [-0.4, -0.2) is 31.0 Å².